The molecule has 0 fully saturated rings. The zero-order valence-electron chi connectivity index (χ0n) is 11.7. The third-order valence-corrected chi connectivity index (χ3v) is 3.89. The summed E-state index contributed by atoms with van der Waals surface area (Å²) in [5.74, 6) is -0.193. The molecule has 104 valence electrons. The van der Waals surface area contributed by atoms with E-state index in [1.807, 2.05) is 12.1 Å². The predicted octanol–water partition coefficient (Wildman–Crippen LogP) is 3.68. The molecule has 1 aliphatic rings. The summed E-state index contributed by atoms with van der Waals surface area (Å²) in [4.78, 5) is 2.08. The van der Waals surface area contributed by atoms with Crippen LogP contribution in [0.15, 0.2) is 36.4 Å². The molecule has 3 rings (SSSR count). The first-order valence-corrected chi connectivity index (χ1v) is 7.04. The molecule has 2 aromatic carbocycles. The fourth-order valence-electron chi connectivity index (χ4n) is 2.87. The predicted molar refractivity (Wildman–Crippen MR) is 80.8 cm³/mol. The van der Waals surface area contributed by atoms with Crippen molar-refractivity contribution in [2.45, 2.75) is 26.3 Å². The number of nitrogens with two attached hydrogens (primary N) is 1. The lowest BCUT2D eigenvalue weighted by Crippen LogP contribution is -2.25. The van der Waals surface area contributed by atoms with E-state index in [2.05, 4.69) is 30.0 Å². The number of rotatable bonds is 2. The summed E-state index contributed by atoms with van der Waals surface area (Å²) in [6, 6.07) is 11.7. The van der Waals surface area contributed by atoms with E-state index < -0.39 is 0 Å². The standard InChI is InChI=1S/C17H19FN2/c1-12-4-6-16-14(9-12)3-2-8-20(16)17-7-5-13(11-19)10-15(17)18/h4-7,9-10H,2-3,8,11,19H2,1H3. The molecule has 0 aliphatic carbocycles. The van der Waals surface area contributed by atoms with E-state index in [4.69, 9.17) is 5.73 Å². The van der Waals surface area contributed by atoms with Crippen molar-refractivity contribution in [2.24, 2.45) is 5.73 Å². The molecule has 2 N–H and O–H groups in total. The fraction of sp³-hybridized carbons (Fsp3) is 0.294. The molecule has 0 bridgehead atoms. The van der Waals surface area contributed by atoms with Crippen LogP contribution in [0.5, 0.6) is 0 Å². The normalized spacial score (nSPS) is 14.2. The van der Waals surface area contributed by atoms with Gasteiger partial charge in [-0.3, -0.25) is 0 Å². The summed E-state index contributed by atoms with van der Waals surface area (Å²) in [5, 5.41) is 0. The molecule has 0 atom stereocenters. The van der Waals surface area contributed by atoms with Gasteiger partial charge in [0.05, 0.1) is 5.69 Å². The Morgan fingerprint density at radius 1 is 1.15 bits per heavy atom. The SMILES string of the molecule is Cc1ccc2c(c1)CCCN2c1ccc(CN)cc1F. The summed E-state index contributed by atoms with van der Waals surface area (Å²) in [6.07, 6.45) is 2.12. The highest BCUT2D eigenvalue weighted by Crippen LogP contribution is 2.35. The minimum Gasteiger partial charge on any atom is -0.339 e. The largest absolute Gasteiger partial charge is 0.339 e. The Labute approximate surface area is 119 Å². The molecule has 0 spiro atoms. The van der Waals surface area contributed by atoms with Crippen LogP contribution in [0.3, 0.4) is 0 Å². The molecule has 0 unspecified atom stereocenters. The lowest BCUT2D eigenvalue weighted by Gasteiger charge is -2.32. The van der Waals surface area contributed by atoms with Crippen LogP contribution in [-0.4, -0.2) is 6.54 Å². The van der Waals surface area contributed by atoms with Gasteiger partial charge in [-0.1, -0.05) is 23.8 Å². The topological polar surface area (TPSA) is 29.3 Å². The van der Waals surface area contributed by atoms with Gasteiger partial charge in [-0.2, -0.15) is 0 Å². The molecular weight excluding hydrogens is 251 g/mol. The van der Waals surface area contributed by atoms with E-state index in [0.717, 1.165) is 30.6 Å². The first kappa shape index (κ1) is 13.1. The lowest BCUT2D eigenvalue weighted by molar-refractivity contribution is 0.618. The third-order valence-electron chi connectivity index (χ3n) is 3.89. The summed E-state index contributed by atoms with van der Waals surface area (Å²) < 4.78 is 14.3. The maximum atomic E-state index is 14.3. The number of fused-ring (bicyclic) bond motifs is 1. The summed E-state index contributed by atoms with van der Waals surface area (Å²) in [7, 11) is 0. The molecule has 2 aromatic rings. The van der Waals surface area contributed by atoms with Gasteiger partial charge in [-0.25, -0.2) is 4.39 Å². The Morgan fingerprint density at radius 3 is 2.70 bits per heavy atom. The molecule has 2 nitrogen and oxygen atoms in total. The highest BCUT2D eigenvalue weighted by molar-refractivity contribution is 5.68. The first-order valence-electron chi connectivity index (χ1n) is 7.04. The molecule has 0 amide bonds. The van der Waals surface area contributed by atoms with Crippen LogP contribution < -0.4 is 10.6 Å². The van der Waals surface area contributed by atoms with Crippen molar-refractivity contribution in [3.05, 3.63) is 58.9 Å². The van der Waals surface area contributed by atoms with Gasteiger partial charge < -0.3 is 10.6 Å². The minimum absolute atomic E-state index is 0.193. The molecule has 0 radical (unpaired) electrons. The van der Waals surface area contributed by atoms with E-state index in [-0.39, 0.29) is 5.82 Å². The second kappa shape index (κ2) is 5.25. The number of halogens is 1. The van der Waals surface area contributed by atoms with Gasteiger partial charge in [0.25, 0.3) is 0 Å². The van der Waals surface area contributed by atoms with Crippen LogP contribution in [0.4, 0.5) is 15.8 Å². The van der Waals surface area contributed by atoms with E-state index >= 15 is 0 Å². The van der Waals surface area contributed by atoms with Gasteiger partial charge in [0.2, 0.25) is 0 Å². The first-order chi connectivity index (χ1) is 9.69. The second-order valence-corrected chi connectivity index (χ2v) is 5.38. The van der Waals surface area contributed by atoms with Crippen molar-refractivity contribution in [1.82, 2.24) is 0 Å². The Morgan fingerprint density at radius 2 is 1.95 bits per heavy atom. The minimum atomic E-state index is -0.193. The van der Waals surface area contributed by atoms with Crippen molar-refractivity contribution in [3.8, 4) is 0 Å². The molecule has 1 heterocycles. The van der Waals surface area contributed by atoms with Crippen LogP contribution >= 0.6 is 0 Å². The molecule has 0 saturated carbocycles. The van der Waals surface area contributed by atoms with Crippen molar-refractivity contribution >= 4 is 11.4 Å². The molecule has 1 aliphatic heterocycles. The van der Waals surface area contributed by atoms with Crippen molar-refractivity contribution in [2.75, 3.05) is 11.4 Å². The van der Waals surface area contributed by atoms with Crippen LogP contribution in [0.1, 0.15) is 23.1 Å². The smallest absolute Gasteiger partial charge is 0.147 e. The van der Waals surface area contributed by atoms with E-state index in [9.17, 15) is 4.39 Å². The summed E-state index contributed by atoms with van der Waals surface area (Å²) in [5.41, 5.74) is 10.7. The summed E-state index contributed by atoms with van der Waals surface area (Å²) in [6.45, 7) is 3.32. The number of aryl methyl sites for hydroxylation is 2. The number of hydrogen-bond acceptors (Lipinski definition) is 2. The average molecular weight is 270 g/mol. The Hall–Kier alpha value is -1.87. The fourth-order valence-corrected chi connectivity index (χ4v) is 2.87. The number of hydrogen-bond donors (Lipinski definition) is 1. The zero-order chi connectivity index (χ0) is 14.1. The second-order valence-electron chi connectivity index (χ2n) is 5.38. The van der Waals surface area contributed by atoms with Crippen molar-refractivity contribution in [3.63, 3.8) is 0 Å². The van der Waals surface area contributed by atoms with Crippen LogP contribution in [0, 0.1) is 12.7 Å². The monoisotopic (exact) mass is 270 g/mol. The van der Waals surface area contributed by atoms with E-state index in [0.29, 0.717) is 12.2 Å². The maximum Gasteiger partial charge on any atom is 0.147 e. The van der Waals surface area contributed by atoms with Crippen LogP contribution in [0.2, 0.25) is 0 Å². The summed E-state index contributed by atoms with van der Waals surface area (Å²) >= 11 is 0. The Bertz CT molecular complexity index is 637. The molecule has 20 heavy (non-hydrogen) atoms. The van der Waals surface area contributed by atoms with Crippen LogP contribution in [0.25, 0.3) is 0 Å². The van der Waals surface area contributed by atoms with Gasteiger partial charge >= 0.3 is 0 Å². The van der Waals surface area contributed by atoms with Crippen molar-refractivity contribution in [1.29, 1.82) is 0 Å². The number of benzene rings is 2. The van der Waals surface area contributed by atoms with E-state index in [1.165, 1.54) is 17.2 Å². The Kier molecular flexibility index (Phi) is 3.45. The highest BCUT2D eigenvalue weighted by atomic mass is 19.1. The Balaban J connectivity index is 2.04. The van der Waals surface area contributed by atoms with Gasteiger partial charge in [0, 0.05) is 18.8 Å². The van der Waals surface area contributed by atoms with Gasteiger partial charge in [0.15, 0.2) is 0 Å². The van der Waals surface area contributed by atoms with Crippen LogP contribution in [-0.2, 0) is 13.0 Å². The average Bonchev–Trinajstić information content (AvgIpc) is 2.46. The number of nitrogens with zero attached hydrogens (tertiary/aromatic N) is 1. The van der Waals surface area contributed by atoms with E-state index in [1.54, 1.807) is 0 Å². The maximum absolute atomic E-state index is 14.3. The molecular formula is C17H19FN2. The molecule has 0 aromatic heterocycles. The highest BCUT2D eigenvalue weighted by Gasteiger charge is 2.20. The molecule has 3 heteroatoms. The zero-order valence-corrected chi connectivity index (χ0v) is 11.7. The number of anilines is 2. The third kappa shape index (κ3) is 2.29. The van der Waals surface area contributed by atoms with Crippen molar-refractivity contribution < 1.29 is 4.39 Å². The quantitative estimate of drug-likeness (QED) is 0.902. The van der Waals surface area contributed by atoms with Gasteiger partial charge in [-0.05, 0) is 49.1 Å². The van der Waals surface area contributed by atoms with Gasteiger partial charge in [-0.15, -0.1) is 0 Å². The van der Waals surface area contributed by atoms with Gasteiger partial charge in [0.1, 0.15) is 5.82 Å². The molecule has 0 saturated heterocycles. The lowest BCUT2D eigenvalue weighted by atomic mass is 9.99.